The Morgan fingerprint density at radius 1 is 1.10 bits per heavy atom. The molecule has 4 rings (SSSR count). The summed E-state index contributed by atoms with van der Waals surface area (Å²) in [4.78, 5) is 27.8. The first-order chi connectivity index (χ1) is 14.4. The van der Waals surface area contributed by atoms with Crippen LogP contribution in [0.4, 0.5) is 10.1 Å². The van der Waals surface area contributed by atoms with Gasteiger partial charge in [-0.15, -0.1) is 11.3 Å². The van der Waals surface area contributed by atoms with Crippen LogP contribution in [0.2, 0.25) is 10.0 Å². The highest BCUT2D eigenvalue weighted by Gasteiger charge is 2.34. The van der Waals surface area contributed by atoms with Crippen molar-refractivity contribution in [2.75, 3.05) is 5.32 Å². The third-order valence-electron chi connectivity index (χ3n) is 4.85. The van der Waals surface area contributed by atoms with Gasteiger partial charge in [-0.05, 0) is 54.6 Å². The van der Waals surface area contributed by atoms with Gasteiger partial charge in [-0.25, -0.2) is 4.39 Å². The van der Waals surface area contributed by atoms with Crippen molar-refractivity contribution in [3.63, 3.8) is 0 Å². The van der Waals surface area contributed by atoms with Gasteiger partial charge in [0.25, 0.3) is 11.8 Å². The van der Waals surface area contributed by atoms with Crippen LogP contribution in [0, 0.1) is 5.82 Å². The molecule has 0 saturated heterocycles. The van der Waals surface area contributed by atoms with Gasteiger partial charge in [-0.1, -0.05) is 35.3 Å². The minimum atomic E-state index is -0.444. The molecule has 0 bridgehead atoms. The number of carbonyl (C=O) groups is 2. The summed E-state index contributed by atoms with van der Waals surface area (Å²) in [5, 5.41) is 5.16. The molecular weight excluding hydrogens is 446 g/mol. The topological polar surface area (TPSA) is 49.4 Å². The molecule has 8 heteroatoms. The smallest absolute Gasteiger partial charge is 0.265 e. The van der Waals surface area contributed by atoms with Gasteiger partial charge in [0.05, 0.1) is 22.1 Å². The van der Waals surface area contributed by atoms with Crippen LogP contribution in [0.3, 0.4) is 0 Å². The molecule has 2 aromatic carbocycles. The molecule has 1 saturated carbocycles. The summed E-state index contributed by atoms with van der Waals surface area (Å²) in [6.45, 7) is 0.0779. The van der Waals surface area contributed by atoms with E-state index in [-0.39, 0.29) is 29.4 Å². The third kappa shape index (κ3) is 4.51. The highest BCUT2D eigenvalue weighted by molar-refractivity contribution is 7.12. The number of thiophene rings is 1. The van der Waals surface area contributed by atoms with Crippen LogP contribution in [0.15, 0.2) is 53.9 Å². The minimum Gasteiger partial charge on any atom is -0.331 e. The second-order valence-electron chi connectivity index (χ2n) is 6.99. The molecule has 3 aromatic rings. The molecule has 0 atom stereocenters. The number of hydrogen-bond acceptors (Lipinski definition) is 3. The highest BCUT2D eigenvalue weighted by atomic mass is 35.5. The quantitative estimate of drug-likeness (QED) is 0.470. The molecule has 154 valence electrons. The van der Waals surface area contributed by atoms with Gasteiger partial charge in [0, 0.05) is 22.2 Å². The van der Waals surface area contributed by atoms with E-state index in [1.165, 1.54) is 23.5 Å². The summed E-state index contributed by atoms with van der Waals surface area (Å²) in [5.74, 6) is -1.00. The maximum Gasteiger partial charge on any atom is 0.265 e. The van der Waals surface area contributed by atoms with E-state index in [1.54, 1.807) is 46.7 Å². The molecule has 1 aliphatic rings. The molecule has 1 aliphatic carbocycles. The Morgan fingerprint density at radius 3 is 2.57 bits per heavy atom. The van der Waals surface area contributed by atoms with Gasteiger partial charge in [-0.3, -0.25) is 9.59 Å². The zero-order chi connectivity index (χ0) is 21.3. The zero-order valence-corrected chi connectivity index (χ0v) is 18.0. The lowest BCUT2D eigenvalue weighted by molar-refractivity contribution is 0.0728. The lowest BCUT2D eigenvalue weighted by Crippen LogP contribution is -2.33. The van der Waals surface area contributed by atoms with E-state index in [9.17, 15) is 14.0 Å². The normalized spacial score (nSPS) is 13.2. The number of nitrogens with one attached hydrogen (secondary N) is 1. The van der Waals surface area contributed by atoms with Gasteiger partial charge in [0.2, 0.25) is 0 Å². The highest BCUT2D eigenvalue weighted by Crippen LogP contribution is 2.33. The Bertz CT molecular complexity index is 1080. The number of rotatable bonds is 6. The number of carbonyl (C=O) groups excluding carboxylic acids is 2. The summed E-state index contributed by atoms with van der Waals surface area (Å²) < 4.78 is 14.3. The number of halogens is 3. The molecule has 1 fully saturated rings. The first kappa shape index (κ1) is 20.8. The molecule has 0 radical (unpaired) electrons. The molecule has 30 heavy (non-hydrogen) atoms. The van der Waals surface area contributed by atoms with E-state index >= 15 is 0 Å². The fraction of sp³-hybridized carbons (Fsp3) is 0.182. The maximum absolute atomic E-state index is 14.3. The number of benzene rings is 2. The van der Waals surface area contributed by atoms with Crippen molar-refractivity contribution in [2.45, 2.75) is 25.4 Å². The van der Waals surface area contributed by atoms with Crippen LogP contribution < -0.4 is 5.32 Å². The zero-order valence-electron chi connectivity index (χ0n) is 15.7. The fourth-order valence-corrected chi connectivity index (χ4v) is 4.12. The molecule has 2 amide bonds. The lowest BCUT2D eigenvalue weighted by atomic mass is 10.1. The van der Waals surface area contributed by atoms with Crippen molar-refractivity contribution in [3.8, 4) is 0 Å². The second kappa shape index (κ2) is 8.76. The van der Waals surface area contributed by atoms with Gasteiger partial charge in [0.1, 0.15) is 5.82 Å². The van der Waals surface area contributed by atoms with E-state index in [1.807, 2.05) is 0 Å². The van der Waals surface area contributed by atoms with Crippen LogP contribution in [-0.4, -0.2) is 22.8 Å². The van der Waals surface area contributed by atoms with Crippen molar-refractivity contribution in [3.05, 3.63) is 85.8 Å². The van der Waals surface area contributed by atoms with Crippen molar-refractivity contribution in [1.82, 2.24) is 4.90 Å². The van der Waals surface area contributed by atoms with Crippen molar-refractivity contribution in [1.29, 1.82) is 0 Å². The first-order valence-electron chi connectivity index (χ1n) is 9.32. The van der Waals surface area contributed by atoms with E-state index in [4.69, 9.17) is 23.2 Å². The number of anilines is 1. The molecule has 1 heterocycles. The Morgan fingerprint density at radius 2 is 1.90 bits per heavy atom. The van der Waals surface area contributed by atoms with Crippen LogP contribution >= 0.6 is 34.5 Å². The monoisotopic (exact) mass is 462 g/mol. The molecular formula is C22H17Cl2FN2O2S. The summed E-state index contributed by atoms with van der Waals surface area (Å²) >= 11 is 13.7. The molecule has 1 aromatic heterocycles. The summed E-state index contributed by atoms with van der Waals surface area (Å²) in [7, 11) is 0. The summed E-state index contributed by atoms with van der Waals surface area (Å²) in [6, 6.07) is 12.7. The van der Waals surface area contributed by atoms with E-state index in [0.29, 0.717) is 26.7 Å². The van der Waals surface area contributed by atoms with Gasteiger partial charge in [-0.2, -0.15) is 0 Å². The molecule has 0 spiro atoms. The van der Waals surface area contributed by atoms with Crippen LogP contribution in [0.25, 0.3) is 0 Å². The van der Waals surface area contributed by atoms with Crippen molar-refractivity contribution >= 4 is 52.0 Å². The van der Waals surface area contributed by atoms with E-state index < -0.39 is 5.82 Å². The molecule has 4 nitrogen and oxygen atoms in total. The van der Waals surface area contributed by atoms with Crippen molar-refractivity contribution < 1.29 is 14.0 Å². The molecule has 0 unspecified atom stereocenters. The lowest BCUT2D eigenvalue weighted by Gasteiger charge is -2.24. The Kier molecular flexibility index (Phi) is 6.09. The van der Waals surface area contributed by atoms with Gasteiger partial charge < -0.3 is 10.2 Å². The predicted octanol–water partition coefficient (Wildman–Crippen LogP) is 6.25. The largest absolute Gasteiger partial charge is 0.331 e. The number of hydrogen-bond donors (Lipinski definition) is 1. The maximum atomic E-state index is 14.3. The number of nitrogens with zero attached hydrogens (tertiary/aromatic N) is 1. The minimum absolute atomic E-state index is 0.0352. The van der Waals surface area contributed by atoms with Crippen LogP contribution in [0.5, 0.6) is 0 Å². The summed E-state index contributed by atoms with van der Waals surface area (Å²) in [5.41, 5.74) is 1.00. The van der Waals surface area contributed by atoms with E-state index in [2.05, 4.69) is 5.32 Å². The standard InChI is InChI=1S/C22H17Cl2FN2O2S/c23-16-3-1-4-18(25)15(16)12-27(14-7-8-14)22(29)13-6-9-17(24)19(11-13)26-21(28)20-5-2-10-30-20/h1-6,9-11,14H,7-8,12H2,(H,26,28). The average molecular weight is 463 g/mol. The molecule has 0 aliphatic heterocycles. The Balaban J connectivity index is 1.59. The third-order valence-corrected chi connectivity index (χ3v) is 6.40. The fourth-order valence-electron chi connectivity index (χ4n) is 3.12. The second-order valence-corrected chi connectivity index (χ2v) is 8.75. The Labute approximate surface area is 187 Å². The van der Waals surface area contributed by atoms with Crippen LogP contribution in [-0.2, 0) is 6.54 Å². The van der Waals surface area contributed by atoms with Crippen LogP contribution in [0.1, 0.15) is 38.4 Å². The SMILES string of the molecule is O=C(Nc1cc(C(=O)N(Cc2c(F)cccc2Cl)C2CC2)ccc1Cl)c1cccs1. The predicted molar refractivity (Wildman–Crippen MR) is 118 cm³/mol. The summed E-state index contributed by atoms with van der Waals surface area (Å²) in [6.07, 6.45) is 1.71. The molecule has 1 N–H and O–H groups in total. The van der Waals surface area contributed by atoms with Gasteiger partial charge >= 0.3 is 0 Å². The number of amides is 2. The Hall–Kier alpha value is -2.41. The first-order valence-corrected chi connectivity index (χ1v) is 11.0. The van der Waals surface area contributed by atoms with E-state index in [0.717, 1.165) is 12.8 Å². The van der Waals surface area contributed by atoms with Crippen molar-refractivity contribution in [2.24, 2.45) is 0 Å². The van der Waals surface area contributed by atoms with Gasteiger partial charge in [0.15, 0.2) is 0 Å². The average Bonchev–Trinajstić information content (AvgIpc) is 3.41.